The van der Waals surface area contributed by atoms with E-state index in [1.165, 1.54) is 16.0 Å². The monoisotopic (exact) mass is 286 g/mol. The molecule has 1 N–H and O–H groups in total. The van der Waals surface area contributed by atoms with Crippen LogP contribution in [0.2, 0.25) is 0 Å². The summed E-state index contributed by atoms with van der Waals surface area (Å²) in [6.07, 6.45) is 4.51. The summed E-state index contributed by atoms with van der Waals surface area (Å²) in [5.41, 5.74) is 2.38. The summed E-state index contributed by atoms with van der Waals surface area (Å²) in [5, 5.41) is 3.26. The molecule has 1 saturated heterocycles. The Labute approximate surface area is 125 Å². The van der Waals surface area contributed by atoms with Gasteiger partial charge in [0.15, 0.2) is 0 Å². The van der Waals surface area contributed by atoms with Gasteiger partial charge in [0, 0.05) is 12.6 Å². The molecule has 1 heterocycles. The van der Waals surface area contributed by atoms with Crippen molar-refractivity contribution < 1.29 is 9.59 Å². The number of carbonyl (C=O) groups excluding carboxylic acids is 2. The Bertz CT molecular complexity index is 549. The highest BCUT2D eigenvalue weighted by molar-refractivity contribution is 6.05. The maximum Gasteiger partial charge on any atom is 0.247 e. The van der Waals surface area contributed by atoms with Gasteiger partial charge in [-0.3, -0.25) is 14.5 Å². The highest BCUT2D eigenvalue weighted by Gasteiger charge is 2.42. The summed E-state index contributed by atoms with van der Waals surface area (Å²) in [6.45, 7) is 2.69. The molecule has 3 rings (SSSR count). The number of likely N-dealkylation sites (tertiary alicyclic amines) is 1. The van der Waals surface area contributed by atoms with Gasteiger partial charge in [-0.15, -0.1) is 0 Å². The van der Waals surface area contributed by atoms with Crippen LogP contribution < -0.4 is 5.32 Å². The van der Waals surface area contributed by atoms with Crippen LogP contribution in [0.1, 0.15) is 43.2 Å². The van der Waals surface area contributed by atoms with Crippen LogP contribution in [0.4, 0.5) is 0 Å². The van der Waals surface area contributed by atoms with Gasteiger partial charge in [-0.25, -0.2) is 0 Å². The first-order valence-electron chi connectivity index (χ1n) is 7.80. The second-order valence-corrected chi connectivity index (χ2v) is 6.10. The van der Waals surface area contributed by atoms with E-state index in [0.717, 1.165) is 25.7 Å². The van der Waals surface area contributed by atoms with Gasteiger partial charge in [0.05, 0.1) is 12.5 Å². The fraction of sp³-hybridized carbons (Fsp3) is 0.529. The highest BCUT2D eigenvalue weighted by atomic mass is 16.2. The number of imide groups is 1. The lowest BCUT2D eigenvalue weighted by molar-refractivity contribution is -0.141. The molecule has 2 fully saturated rings. The van der Waals surface area contributed by atoms with Gasteiger partial charge in [0.1, 0.15) is 0 Å². The van der Waals surface area contributed by atoms with Crippen molar-refractivity contribution in [2.24, 2.45) is 0 Å². The first kappa shape index (κ1) is 14.3. The Balaban J connectivity index is 1.63. The number of aryl methyl sites for hydroxylation is 1. The summed E-state index contributed by atoms with van der Waals surface area (Å²) in [6, 6.07) is 7.91. The Morgan fingerprint density at radius 1 is 1.19 bits per heavy atom. The largest absolute Gasteiger partial charge is 0.301 e. The number of amides is 2. The Kier molecular flexibility index (Phi) is 4.06. The average molecular weight is 286 g/mol. The zero-order valence-electron chi connectivity index (χ0n) is 12.5. The molecule has 0 aromatic heterocycles. The van der Waals surface area contributed by atoms with E-state index in [9.17, 15) is 9.59 Å². The molecule has 1 aliphatic heterocycles. The molecule has 1 aromatic rings. The van der Waals surface area contributed by atoms with Crippen LogP contribution in [0.25, 0.3) is 0 Å². The fourth-order valence-electron chi connectivity index (χ4n) is 3.40. The number of hydrogen-bond acceptors (Lipinski definition) is 3. The molecule has 4 nitrogen and oxygen atoms in total. The molecule has 21 heavy (non-hydrogen) atoms. The van der Waals surface area contributed by atoms with Gasteiger partial charge in [0.25, 0.3) is 0 Å². The Hall–Kier alpha value is -1.68. The normalized spacial score (nSPS) is 23.3. The lowest BCUT2D eigenvalue weighted by atomic mass is 10.1. The number of hydrogen-bond donors (Lipinski definition) is 1. The van der Waals surface area contributed by atoms with Crippen molar-refractivity contribution in [2.45, 2.75) is 57.7 Å². The van der Waals surface area contributed by atoms with Crippen molar-refractivity contribution in [3.05, 3.63) is 35.4 Å². The minimum Gasteiger partial charge on any atom is -0.301 e. The number of benzene rings is 1. The first-order chi connectivity index (χ1) is 10.2. The molecule has 4 heteroatoms. The van der Waals surface area contributed by atoms with Crippen LogP contribution >= 0.6 is 0 Å². The van der Waals surface area contributed by atoms with Crippen molar-refractivity contribution in [1.82, 2.24) is 10.2 Å². The van der Waals surface area contributed by atoms with Gasteiger partial charge in [-0.05, 0) is 30.9 Å². The SMILES string of the molecule is Cc1ccccc1CNC1CC(=O)N(C2CCCC2)C1=O. The van der Waals surface area contributed by atoms with E-state index in [0.29, 0.717) is 13.0 Å². The third-order valence-electron chi connectivity index (χ3n) is 4.67. The molecular weight excluding hydrogens is 264 g/mol. The summed E-state index contributed by atoms with van der Waals surface area (Å²) in [7, 11) is 0. The van der Waals surface area contributed by atoms with Crippen molar-refractivity contribution in [1.29, 1.82) is 0 Å². The number of nitrogens with one attached hydrogen (secondary N) is 1. The summed E-state index contributed by atoms with van der Waals surface area (Å²) in [4.78, 5) is 26.1. The van der Waals surface area contributed by atoms with E-state index >= 15 is 0 Å². The minimum absolute atomic E-state index is 0.00539. The van der Waals surface area contributed by atoms with Crippen molar-refractivity contribution in [2.75, 3.05) is 0 Å². The van der Waals surface area contributed by atoms with Gasteiger partial charge in [0.2, 0.25) is 11.8 Å². The molecule has 1 unspecified atom stereocenters. The average Bonchev–Trinajstić information content (AvgIpc) is 3.07. The van der Waals surface area contributed by atoms with Crippen LogP contribution in [0, 0.1) is 6.92 Å². The molecule has 1 aliphatic carbocycles. The summed E-state index contributed by atoms with van der Waals surface area (Å²) in [5.74, 6) is -0.0327. The van der Waals surface area contributed by atoms with Gasteiger partial charge >= 0.3 is 0 Å². The Morgan fingerprint density at radius 3 is 2.62 bits per heavy atom. The molecule has 1 aromatic carbocycles. The zero-order valence-corrected chi connectivity index (χ0v) is 12.5. The van der Waals surface area contributed by atoms with Crippen molar-refractivity contribution >= 4 is 11.8 Å². The molecule has 1 atom stereocenters. The molecule has 2 amide bonds. The molecule has 0 spiro atoms. The molecule has 1 saturated carbocycles. The number of rotatable bonds is 4. The quantitative estimate of drug-likeness (QED) is 0.863. The molecule has 2 aliphatic rings. The highest BCUT2D eigenvalue weighted by Crippen LogP contribution is 2.28. The van der Waals surface area contributed by atoms with Gasteiger partial charge in [-0.1, -0.05) is 37.1 Å². The Morgan fingerprint density at radius 2 is 1.90 bits per heavy atom. The first-order valence-corrected chi connectivity index (χ1v) is 7.80. The van der Waals surface area contributed by atoms with Crippen LogP contribution in [-0.4, -0.2) is 28.8 Å². The smallest absolute Gasteiger partial charge is 0.247 e. The number of carbonyl (C=O) groups is 2. The summed E-state index contributed by atoms with van der Waals surface area (Å²) >= 11 is 0. The van der Waals surface area contributed by atoms with Gasteiger partial charge < -0.3 is 5.32 Å². The van der Waals surface area contributed by atoms with E-state index in [1.54, 1.807) is 0 Å². The van der Waals surface area contributed by atoms with E-state index in [1.807, 2.05) is 12.1 Å². The lowest BCUT2D eigenvalue weighted by Gasteiger charge is -2.22. The minimum atomic E-state index is -0.349. The predicted octanol–water partition coefficient (Wildman–Crippen LogP) is 2.15. The summed E-state index contributed by atoms with van der Waals surface area (Å²) < 4.78 is 0. The fourth-order valence-corrected chi connectivity index (χ4v) is 3.40. The topological polar surface area (TPSA) is 49.4 Å². The van der Waals surface area contributed by atoms with Crippen LogP contribution in [-0.2, 0) is 16.1 Å². The van der Waals surface area contributed by atoms with Crippen LogP contribution in [0.5, 0.6) is 0 Å². The standard InChI is InChI=1S/C17H22N2O2/c1-12-6-2-3-7-13(12)11-18-15-10-16(20)19(17(15)21)14-8-4-5-9-14/h2-3,6-7,14-15,18H,4-5,8-11H2,1H3. The number of nitrogens with zero attached hydrogens (tertiary/aromatic N) is 1. The van der Waals surface area contributed by atoms with Crippen LogP contribution in [0.3, 0.4) is 0 Å². The molecule has 112 valence electrons. The predicted molar refractivity (Wildman–Crippen MR) is 80.5 cm³/mol. The third-order valence-corrected chi connectivity index (χ3v) is 4.67. The van der Waals surface area contributed by atoms with E-state index in [4.69, 9.17) is 0 Å². The van der Waals surface area contributed by atoms with E-state index in [-0.39, 0.29) is 23.9 Å². The van der Waals surface area contributed by atoms with Crippen molar-refractivity contribution in [3.63, 3.8) is 0 Å². The molecule has 0 radical (unpaired) electrons. The maximum atomic E-state index is 12.5. The van der Waals surface area contributed by atoms with E-state index < -0.39 is 0 Å². The lowest BCUT2D eigenvalue weighted by Crippen LogP contribution is -2.42. The molecule has 0 bridgehead atoms. The second kappa shape index (κ2) is 5.98. The molecular formula is C17H22N2O2. The zero-order chi connectivity index (χ0) is 14.8. The maximum absolute atomic E-state index is 12.5. The third kappa shape index (κ3) is 2.86. The van der Waals surface area contributed by atoms with Gasteiger partial charge in [-0.2, -0.15) is 0 Å². The van der Waals surface area contributed by atoms with Crippen LogP contribution in [0.15, 0.2) is 24.3 Å². The second-order valence-electron chi connectivity index (χ2n) is 6.10. The van der Waals surface area contributed by atoms with Crippen molar-refractivity contribution in [3.8, 4) is 0 Å². The van der Waals surface area contributed by atoms with E-state index in [2.05, 4.69) is 24.4 Å².